The van der Waals surface area contributed by atoms with Crippen LogP contribution in [0.15, 0.2) is 127 Å². The first kappa shape index (κ1) is 36.2. The Morgan fingerprint density at radius 2 is 1.50 bits per heavy atom. The van der Waals surface area contributed by atoms with Crippen molar-refractivity contribution < 1.29 is 43.5 Å². The fraction of sp³-hybridized carbons (Fsp3) is 0.244. The second-order valence-electron chi connectivity index (χ2n) is 12.2. The van der Waals surface area contributed by atoms with Gasteiger partial charge in [0.15, 0.2) is 0 Å². The number of hydrogen-bond acceptors (Lipinski definition) is 9. The smallest absolute Gasteiger partial charge is 0.338 e. The summed E-state index contributed by atoms with van der Waals surface area (Å²) in [4.78, 5) is 39.7. The van der Waals surface area contributed by atoms with Crippen LogP contribution in [0.5, 0.6) is 0 Å². The molecule has 2 amide bonds. The SMILES string of the molecule is O=C(NCc1cccc(C(=O)NCCO)c1)C1=C[C@H]2OC(c3ccccc3)(c3ccccc3)O[C@H]2[C@H](OC(=O)c2ccc(C=COCCO)cc2)C1. The van der Waals surface area contributed by atoms with Crippen molar-refractivity contribution in [3.8, 4) is 0 Å². The topological polar surface area (TPSA) is 153 Å². The molecule has 0 saturated carbocycles. The zero-order valence-corrected chi connectivity index (χ0v) is 28.4. The highest BCUT2D eigenvalue weighted by molar-refractivity contribution is 5.95. The van der Waals surface area contributed by atoms with E-state index < -0.39 is 30.1 Å². The normalized spacial score (nSPS) is 19.0. The molecule has 11 heteroatoms. The average molecular weight is 705 g/mol. The first-order valence-corrected chi connectivity index (χ1v) is 17.0. The maximum atomic E-state index is 13.7. The number of aliphatic hydroxyl groups is 2. The molecule has 268 valence electrons. The van der Waals surface area contributed by atoms with Gasteiger partial charge < -0.3 is 39.8 Å². The molecule has 1 saturated heterocycles. The lowest BCUT2D eigenvalue weighted by molar-refractivity contribution is -0.157. The quantitative estimate of drug-likeness (QED) is 0.0858. The molecule has 1 fully saturated rings. The van der Waals surface area contributed by atoms with E-state index in [1.807, 2.05) is 60.7 Å². The van der Waals surface area contributed by atoms with Gasteiger partial charge in [-0.05, 0) is 47.5 Å². The Bertz CT molecular complexity index is 1860. The molecular formula is C41H40N2O9. The van der Waals surface area contributed by atoms with Crippen LogP contribution >= 0.6 is 0 Å². The van der Waals surface area contributed by atoms with E-state index in [4.69, 9.17) is 29.2 Å². The highest BCUT2D eigenvalue weighted by atomic mass is 16.8. The Morgan fingerprint density at radius 3 is 2.17 bits per heavy atom. The molecule has 3 atom stereocenters. The maximum Gasteiger partial charge on any atom is 0.338 e. The van der Waals surface area contributed by atoms with Crippen molar-refractivity contribution >= 4 is 23.9 Å². The fourth-order valence-corrected chi connectivity index (χ4v) is 6.16. The molecule has 4 aromatic rings. The van der Waals surface area contributed by atoms with Crippen LogP contribution < -0.4 is 10.6 Å². The minimum atomic E-state index is -1.34. The highest BCUT2D eigenvalue weighted by Gasteiger charge is 2.55. The Hall–Kier alpha value is -5.59. The number of rotatable bonds is 14. The summed E-state index contributed by atoms with van der Waals surface area (Å²) in [6.45, 7) is 0.182. The monoisotopic (exact) mass is 704 g/mol. The molecule has 1 heterocycles. The van der Waals surface area contributed by atoms with E-state index in [1.165, 1.54) is 6.26 Å². The first-order valence-electron chi connectivity index (χ1n) is 17.0. The molecule has 4 N–H and O–H groups in total. The van der Waals surface area contributed by atoms with Crippen molar-refractivity contribution in [2.45, 2.75) is 37.1 Å². The second kappa shape index (κ2) is 17.1. The molecule has 2 aliphatic rings. The van der Waals surface area contributed by atoms with E-state index in [0.29, 0.717) is 22.3 Å². The van der Waals surface area contributed by atoms with Gasteiger partial charge in [0.1, 0.15) is 24.9 Å². The maximum absolute atomic E-state index is 13.7. The molecule has 4 aromatic carbocycles. The van der Waals surface area contributed by atoms with Crippen LogP contribution in [0.3, 0.4) is 0 Å². The van der Waals surface area contributed by atoms with E-state index in [-0.39, 0.29) is 51.1 Å². The van der Waals surface area contributed by atoms with Gasteiger partial charge in [-0.2, -0.15) is 0 Å². The number of amides is 2. The number of aliphatic hydroxyl groups excluding tert-OH is 2. The van der Waals surface area contributed by atoms with Crippen molar-refractivity contribution in [1.82, 2.24) is 10.6 Å². The number of carbonyl (C=O) groups excluding carboxylic acids is 3. The summed E-state index contributed by atoms with van der Waals surface area (Å²) in [7, 11) is 0. The van der Waals surface area contributed by atoms with Crippen molar-refractivity contribution in [2.75, 3.05) is 26.4 Å². The number of hydrogen-bond donors (Lipinski definition) is 4. The molecule has 0 unspecified atom stereocenters. The molecule has 11 nitrogen and oxygen atoms in total. The number of ether oxygens (including phenoxy) is 4. The molecule has 1 aliphatic carbocycles. The van der Waals surface area contributed by atoms with Gasteiger partial charge in [-0.15, -0.1) is 0 Å². The molecule has 0 aromatic heterocycles. The summed E-state index contributed by atoms with van der Waals surface area (Å²) in [5.74, 6) is -2.64. The molecule has 0 radical (unpaired) electrons. The van der Waals surface area contributed by atoms with Gasteiger partial charge >= 0.3 is 5.97 Å². The molecule has 1 aliphatic heterocycles. The third-order valence-electron chi connectivity index (χ3n) is 8.69. The molecule has 0 spiro atoms. The lowest BCUT2D eigenvalue weighted by Gasteiger charge is -2.31. The van der Waals surface area contributed by atoms with Crippen molar-refractivity contribution in [1.29, 1.82) is 0 Å². The van der Waals surface area contributed by atoms with E-state index in [0.717, 1.165) is 16.7 Å². The summed E-state index contributed by atoms with van der Waals surface area (Å²) in [6.07, 6.45) is 2.59. The van der Waals surface area contributed by atoms with Crippen molar-refractivity contribution in [3.63, 3.8) is 0 Å². The fourth-order valence-electron chi connectivity index (χ4n) is 6.16. The number of benzene rings is 4. The Balaban J connectivity index is 1.25. The van der Waals surface area contributed by atoms with E-state index in [2.05, 4.69) is 10.6 Å². The van der Waals surface area contributed by atoms with Gasteiger partial charge in [-0.3, -0.25) is 9.59 Å². The van der Waals surface area contributed by atoms with E-state index in [1.54, 1.807) is 60.7 Å². The third kappa shape index (κ3) is 8.47. The third-order valence-corrected chi connectivity index (χ3v) is 8.69. The Morgan fingerprint density at radius 1 is 0.788 bits per heavy atom. The summed E-state index contributed by atoms with van der Waals surface area (Å²) in [5.41, 5.74) is 4.05. The number of fused-ring (bicyclic) bond motifs is 1. The van der Waals surface area contributed by atoms with Gasteiger partial charge in [0.2, 0.25) is 11.7 Å². The summed E-state index contributed by atoms with van der Waals surface area (Å²) in [5, 5.41) is 23.5. The van der Waals surface area contributed by atoms with Crippen molar-refractivity contribution in [3.05, 3.63) is 160 Å². The van der Waals surface area contributed by atoms with Crippen LogP contribution in [0.2, 0.25) is 0 Å². The summed E-state index contributed by atoms with van der Waals surface area (Å²) in [6, 6.07) is 32.6. The minimum Gasteiger partial charge on any atom is -0.499 e. The summed E-state index contributed by atoms with van der Waals surface area (Å²) < 4.78 is 24.9. The standard InChI is InChI=1S/C41H40N2O9/c44-20-19-42-38(46)31-9-7-8-29(24-31)27-43-39(47)32-25-35(50-40(48)30-16-14-28(15-17-30)18-22-49-23-21-45)37-36(26-32)51-41(52-37,33-10-3-1-4-11-33)34-12-5-2-6-13-34/h1-18,22,24,26,35-37,44-45H,19-21,23,25,27H2,(H,42,46)(H,43,47)/t35-,36-,37+/m1/s1. The summed E-state index contributed by atoms with van der Waals surface area (Å²) >= 11 is 0. The number of esters is 1. The van der Waals surface area contributed by atoms with Gasteiger partial charge in [0.25, 0.3) is 5.91 Å². The zero-order chi connectivity index (χ0) is 36.3. The number of nitrogens with one attached hydrogen (secondary N) is 2. The van der Waals surface area contributed by atoms with Crippen LogP contribution in [0.4, 0.5) is 0 Å². The van der Waals surface area contributed by atoms with Crippen molar-refractivity contribution in [2.24, 2.45) is 0 Å². The predicted octanol–water partition coefficient (Wildman–Crippen LogP) is 4.25. The molecule has 52 heavy (non-hydrogen) atoms. The van der Waals surface area contributed by atoms with Crippen LogP contribution in [-0.4, -0.2) is 72.7 Å². The van der Waals surface area contributed by atoms with Crippen LogP contribution in [0, 0.1) is 0 Å². The van der Waals surface area contributed by atoms with Gasteiger partial charge in [-0.25, -0.2) is 4.79 Å². The average Bonchev–Trinajstić information content (AvgIpc) is 3.60. The Kier molecular flexibility index (Phi) is 11.9. The Labute approximate surface area is 301 Å². The van der Waals surface area contributed by atoms with Gasteiger partial charge in [0, 0.05) is 41.8 Å². The lowest BCUT2D eigenvalue weighted by Crippen LogP contribution is -2.43. The molecular weight excluding hydrogens is 664 g/mol. The second-order valence-corrected chi connectivity index (χ2v) is 12.2. The zero-order valence-electron chi connectivity index (χ0n) is 28.4. The minimum absolute atomic E-state index is 0.0639. The molecule has 0 bridgehead atoms. The molecule has 6 rings (SSSR count). The van der Waals surface area contributed by atoms with Crippen LogP contribution in [0.1, 0.15) is 49.4 Å². The van der Waals surface area contributed by atoms with Crippen LogP contribution in [0.25, 0.3) is 6.08 Å². The predicted molar refractivity (Wildman–Crippen MR) is 192 cm³/mol. The first-order chi connectivity index (χ1) is 25.4. The number of carbonyl (C=O) groups is 3. The van der Waals surface area contributed by atoms with E-state index in [9.17, 15) is 14.4 Å². The lowest BCUT2D eigenvalue weighted by atomic mass is 9.91. The largest absolute Gasteiger partial charge is 0.499 e. The van der Waals surface area contributed by atoms with E-state index >= 15 is 0 Å². The van der Waals surface area contributed by atoms with Gasteiger partial charge in [0.05, 0.1) is 25.0 Å². The highest BCUT2D eigenvalue weighted by Crippen LogP contribution is 2.47. The van der Waals surface area contributed by atoms with Crippen LogP contribution in [-0.2, 0) is 36.1 Å². The van der Waals surface area contributed by atoms with Gasteiger partial charge in [-0.1, -0.05) is 84.9 Å².